The molecule has 2 aromatic carbocycles. The number of aromatic nitrogens is 2. The smallest absolute Gasteiger partial charge is 0.411 e. The Labute approximate surface area is 238 Å². The van der Waals surface area contributed by atoms with Crippen molar-refractivity contribution in [1.29, 1.82) is 0 Å². The molecule has 5 rings (SSSR count). The number of nitrogens with one attached hydrogen (secondary N) is 2. The van der Waals surface area contributed by atoms with Gasteiger partial charge in [-0.25, -0.2) is 18.0 Å². The molecule has 0 aliphatic carbocycles. The third-order valence-electron chi connectivity index (χ3n) is 6.87. The molecule has 1 atom stereocenters. The molecule has 11 heteroatoms. The summed E-state index contributed by atoms with van der Waals surface area (Å²) in [6.07, 6.45) is 3.74. The van der Waals surface area contributed by atoms with Crippen LogP contribution in [0.5, 0.6) is 0 Å². The molecule has 0 radical (unpaired) electrons. The number of hydrogen-bond acceptors (Lipinski definition) is 5. The van der Waals surface area contributed by atoms with Gasteiger partial charge in [-0.15, -0.1) is 0 Å². The number of ether oxygens (including phenoxy) is 1. The number of amides is 2. The largest absolute Gasteiger partial charge is 0.453 e. The Morgan fingerprint density at radius 3 is 2.54 bits per heavy atom. The van der Waals surface area contributed by atoms with Crippen molar-refractivity contribution in [3.63, 3.8) is 0 Å². The maximum atomic E-state index is 15.2. The van der Waals surface area contributed by atoms with Crippen molar-refractivity contribution in [2.24, 2.45) is 0 Å². The number of nitrogens with zero attached hydrogens (tertiary/aromatic N) is 2. The van der Waals surface area contributed by atoms with Crippen molar-refractivity contribution in [1.82, 2.24) is 9.97 Å². The molecule has 0 spiro atoms. The zero-order chi connectivity index (χ0) is 29.1. The van der Waals surface area contributed by atoms with Crippen LogP contribution in [0.2, 0.25) is 5.02 Å². The molecule has 0 fully saturated rings. The molecule has 41 heavy (non-hydrogen) atoms. The zero-order valence-electron chi connectivity index (χ0n) is 21.8. The lowest BCUT2D eigenvalue weighted by Gasteiger charge is -2.20. The lowest BCUT2D eigenvalue weighted by molar-refractivity contribution is -0.116. The molecular formula is C30H24ClF3N4O3. The van der Waals surface area contributed by atoms with Gasteiger partial charge < -0.3 is 10.1 Å². The monoisotopic (exact) mass is 580 g/mol. The maximum absolute atomic E-state index is 15.2. The number of anilines is 2. The summed E-state index contributed by atoms with van der Waals surface area (Å²) in [6.45, 7) is 0. The van der Waals surface area contributed by atoms with E-state index in [-0.39, 0.29) is 40.0 Å². The van der Waals surface area contributed by atoms with E-state index >= 15 is 4.39 Å². The van der Waals surface area contributed by atoms with Crippen LogP contribution in [0, 0.1) is 17.5 Å². The molecule has 2 N–H and O–H groups in total. The van der Waals surface area contributed by atoms with Crippen LogP contribution in [0.15, 0.2) is 60.9 Å². The van der Waals surface area contributed by atoms with E-state index in [4.69, 9.17) is 11.6 Å². The Morgan fingerprint density at radius 1 is 0.976 bits per heavy atom. The van der Waals surface area contributed by atoms with Crippen molar-refractivity contribution in [3.8, 4) is 22.3 Å². The fraction of sp³-hybridized carbons (Fsp3) is 0.200. The minimum absolute atomic E-state index is 0.195. The van der Waals surface area contributed by atoms with E-state index in [0.29, 0.717) is 47.6 Å². The van der Waals surface area contributed by atoms with Crippen molar-refractivity contribution in [2.45, 2.75) is 31.6 Å². The number of carbonyl (C=O) groups excluding carboxylic acids is 2. The van der Waals surface area contributed by atoms with Gasteiger partial charge in [0, 0.05) is 46.6 Å². The lowest BCUT2D eigenvalue weighted by Crippen LogP contribution is -2.15. The molecule has 1 unspecified atom stereocenters. The first-order valence-corrected chi connectivity index (χ1v) is 13.2. The topological polar surface area (TPSA) is 93.2 Å². The molecule has 7 nitrogen and oxygen atoms in total. The van der Waals surface area contributed by atoms with Gasteiger partial charge in [0.1, 0.15) is 11.6 Å². The van der Waals surface area contributed by atoms with E-state index in [1.807, 2.05) is 0 Å². The number of methoxy groups -OCH3 is 1. The second-order valence-electron chi connectivity index (χ2n) is 9.50. The van der Waals surface area contributed by atoms with Crippen molar-refractivity contribution in [2.75, 3.05) is 17.7 Å². The summed E-state index contributed by atoms with van der Waals surface area (Å²) in [5.41, 5.74) is 2.30. The number of pyridine rings is 2. The molecule has 2 aromatic heterocycles. The van der Waals surface area contributed by atoms with Gasteiger partial charge in [0.15, 0.2) is 5.82 Å². The first-order valence-electron chi connectivity index (χ1n) is 12.8. The van der Waals surface area contributed by atoms with Crippen LogP contribution in [-0.4, -0.2) is 29.1 Å². The molecule has 2 amide bonds. The van der Waals surface area contributed by atoms with E-state index in [1.54, 1.807) is 30.3 Å². The van der Waals surface area contributed by atoms with E-state index < -0.39 is 23.5 Å². The standard InChI is InChI=1S/C30H24ClF3N4O3/c1-41-30(40)37-17-7-8-18-20-13-25(36-15-23(20)33)19(4-2-3-5-27(39)38-26(18)12-17)24-11-6-16(14-35-24)28-22(32)10-9-21(31)29(28)34/h6-15,19H,2-5H2,1H3,(H,37,40)(H,38,39). The fourth-order valence-electron chi connectivity index (χ4n) is 4.83. The molecule has 2 bridgehead atoms. The Bertz CT molecular complexity index is 1630. The number of halogens is 4. The van der Waals surface area contributed by atoms with Gasteiger partial charge in [0.05, 0.1) is 35.3 Å². The highest BCUT2D eigenvalue weighted by Gasteiger charge is 2.23. The second kappa shape index (κ2) is 12.0. The predicted octanol–water partition coefficient (Wildman–Crippen LogP) is 7.70. The zero-order valence-corrected chi connectivity index (χ0v) is 22.6. The van der Waals surface area contributed by atoms with Crippen LogP contribution in [0.25, 0.3) is 22.3 Å². The summed E-state index contributed by atoms with van der Waals surface area (Å²) in [6, 6.07) is 11.7. The van der Waals surface area contributed by atoms with E-state index in [9.17, 15) is 18.4 Å². The van der Waals surface area contributed by atoms with Crippen molar-refractivity contribution >= 4 is 35.0 Å². The molecule has 0 saturated heterocycles. The Kier molecular flexibility index (Phi) is 8.21. The quantitative estimate of drug-likeness (QED) is 0.242. The van der Waals surface area contributed by atoms with Crippen LogP contribution in [0.4, 0.5) is 29.3 Å². The SMILES string of the molecule is COC(=O)Nc1ccc2c(c1)NC(=O)CCCCC(c1ccc(-c3c(F)ccc(Cl)c3F)cn1)c1cc-2c(F)cn1. The van der Waals surface area contributed by atoms with Gasteiger partial charge in [-0.2, -0.15) is 0 Å². The van der Waals surface area contributed by atoms with Crippen LogP contribution in [-0.2, 0) is 9.53 Å². The minimum Gasteiger partial charge on any atom is -0.453 e. The number of hydrogen-bond donors (Lipinski definition) is 2. The third-order valence-corrected chi connectivity index (χ3v) is 7.16. The summed E-state index contributed by atoms with van der Waals surface area (Å²) >= 11 is 5.86. The Hall–Kier alpha value is -4.44. The van der Waals surface area contributed by atoms with Crippen LogP contribution in [0.3, 0.4) is 0 Å². The van der Waals surface area contributed by atoms with E-state index in [2.05, 4.69) is 25.3 Å². The first kappa shape index (κ1) is 28.1. The summed E-state index contributed by atoms with van der Waals surface area (Å²) in [4.78, 5) is 33.3. The molecule has 3 heterocycles. The number of benzene rings is 2. The average molecular weight is 581 g/mol. The summed E-state index contributed by atoms with van der Waals surface area (Å²) in [5.74, 6) is -2.90. The lowest BCUT2D eigenvalue weighted by atomic mass is 9.90. The van der Waals surface area contributed by atoms with Crippen molar-refractivity contribution in [3.05, 3.63) is 94.8 Å². The highest BCUT2D eigenvalue weighted by atomic mass is 35.5. The summed E-state index contributed by atoms with van der Waals surface area (Å²) < 4.78 is 48.8. The third kappa shape index (κ3) is 6.02. The molecule has 0 saturated carbocycles. The molecule has 1 aliphatic heterocycles. The van der Waals surface area contributed by atoms with Crippen LogP contribution < -0.4 is 10.6 Å². The van der Waals surface area contributed by atoms with Gasteiger partial charge in [-0.3, -0.25) is 20.1 Å². The van der Waals surface area contributed by atoms with Gasteiger partial charge in [-0.05, 0) is 49.2 Å². The van der Waals surface area contributed by atoms with Gasteiger partial charge in [0.25, 0.3) is 0 Å². The van der Waals surface area contributed by atoms with E-state index in [0.717, 1.165) is 18.3 Å². The minimum atomic E-state index is -0.876. The van der Waals surface area contributed by atoms with Gasteiger partial charge in [-0.1, -0.05) is 30.2 Å². The first-order chi connectivity index (χ1) is 19.7. The average Bonchev–Trinajstić information content (AvgIpc) is 2.96. The number of fused-ring (bicyclic) bond motifs is 4. The molecule has 210 valence electrons. The highest BCUT2D eigenvalue weighted by molar-refractivity contribution is 6.31. The van der Waals surface area contributed by atoms with Gasteiger partial charge in [0.2, 0.25) is 5.91 Å². The normalized spacial score (nSPS) is 15.1. The molecular weight excluding hydrogens is 557 g/mol. The van der Waals surface area contributed by atoms with Gasteiger partial charge >= 0.3 is 6.09 Å². The Balaban J connectivity index is 1.56. The second-order valence-corrected chi connectivity index (χ2v) is 9.91. The highest BCUT2D eigenvalue weighted by Crippen LogP contribution is 2.37. The molecule has 1 aliphatic rings. The van der Waals surface area contributed by atoms with Crippen LogP contribution >= 0.6 is 11.6 Å². The predicted molar refractivity (Wildman–Crippen MR) is 149 cm³/mol. The number of carbonyl (C=O) groups is 2. The number of rotatable bonds is 3. The fourth-order valence-corrected chi connectivity index (χ4v) is 4.98. The van der Waals surface area contributed by atoms with E-state index in [1.165, 1.54) is 19.4 Å². The summed E-state index contributed by atoms with van der Waals surface area (Å²) in [5, 5.41) is 5.16. The Morgan fingerprint density at radius 2 is 1.78 bits per heavy atom. The maximum Gasteiger partial charge on any atom is 0.411 e. The van der Waals surface area contributed by atoms with Crippen LogP contribution in [0.1, 0.15) is 43.0 Å². The summed E-state index contributed by atoms with van der Waals surface area (Å²) in [7, 11) is 1.23. The van der Waals surface area contributed by atoms with Crippen molar-refractivity contribution < 1.29 is 27.5 Å². The molecule has 4 aromatic rings.